The van der Waals surface area contributed by atoms with E-state index in [-0.39, 0.29) is 51.1 Å². The maximum absolute atomic E-state index is 15.3. The molecule has 0 aliphatic rings. The summed E-state index contributed by atoms with van der Waals surface area (Å²) in [5, 5.41) is 16.8. The van der Waals surface area contributed by atoms with Gasteiger partial charge in [0.25, 0.3) is 0 Å². The van der Waals surface area contributed by atoms with E-state index in [1.165, 1.54) is 42.6 Å². The van der Waals surface area contributed by atoms with Crippen molar-refractivity contribution < 1.29 is 18.7 Å². The molecule has 12 nitrogen and oxygen atoms in total. The van der Waals surface area contributed by atoms with Gasteiger partial charge in [-0.05, 0) is 48.2 Å². The minimum Gasteiger partial charge on any atom is -0.508 e. The largest absolute Gasteiger partial charge is 0.508 e. The number of aromatic amines is 1. The van der Waals surface area contributed by atoms with E-state index >= 15 is 4.39 Å². The van der Waals surface area contributed by atoms with Gasteiger partial charge in [-0.1, -0.05) is 6.07 Å². The number of rotatable bonds is 7. The van der Waals surface area contributed by atoms with Gasteiger partial charge in [-0.15, -0.1) is 0 Å². The number of anilines is 1. The van der Waals surface area contributed by atoms with E-state index in [0.29, 0.717) is 22.9 Å². The van der Waals surface area contributed by atoms with Gasteiger partial charge in [-0.2, -0.15) is 9.97 Å². The SMILES string of the molecule is COc1nc(NCc2c[nH]c3ncccc23)c2c(=O)oc(-c3cc(O)cc4ccc(F)c(/C(N)=C/N(C)N)c34)c(C)c2n1. The van der Waals surface area contributed by atoms with Crippen LogP contribution in [0.1, 0.15) is 16.7 Å². The maximum Gasteiger partial charge on any atom is 0.349 e. The topological polar surface area (TPSA) is 181 Å². The van der Waals surface area contributed by atoms with Gasteiger partial charge in [0.1, 0.15) is 34.2 Å². The van der Waals surface area contributed by atoms with Gasteiger partial charge in [0.05, 0.1) is 18.3 Å². The Bertz CT molecular complexity index is 2140. The van der Waals surface area contributed by atoms with Crippen LogP contribution in [0.5, 0.6) is 11.8 Å². The van der Waals surface area contributed by atoms with Gasteiger partial charge in [-0.25, -0.2) is 20.0 Å². The van der Waals surface area contributed by atoms with E-state index in [0.717, 1.165) is 16.6 Å². The van der Waals surface area contributed by atoms with Crippen LogP contribution in [0.25, 0.3) is 49.7 Å². The average Bonchev–Trinajstić information content (AvgIpc) is 3.39. The Balaban J connectivity index is 1.57. The number of fused-ring (bicyclic) bond motifs is 3. The highest BCUT2D eigenvalue weighted by molar-refractivity contribution is 6.05. The van der Waals surface area contributed by atoms with Gasteiger partial charge in [0.15, 0.2) is 0 Å². The van der Waals surface area contributed by atoms with Crippen LogP contribution < -0.4 is 27.3 Å². The zero-order valence-corrected chi connectivity index (χ0v) is 23.4. The number of nitrogens with one attached hydrogen (secondary N) is 2. The number of ether oxygens (including phenoxy) is 1. The van der Waals surface area contributed by atoms with Crippen LogP contribution in [-0.2, 0) is 6.54 Å². The van der Waals surface area contributed by atoms with Crippen LogP contribution in [0, 0.1) is 12.7 Å². The molecule has 6 aromatic rings. The number of halogens is 1. The summed E-state index contributed by atoms with van der Waals surface area (Å²) >= 11 is 0. The highest BCUT2D eigenvalue weighted by Gasteiger charge is 2.24. The normalized spacial score (nSPS) is 11.9. The number of phenolic OH excluding ortho intramolecular Hbond substituents is 1. The Morgan fingerprint density at radius 2 is 2.07 bits per heavy atom. The summed E-state index contributed by atoms with van der Waals surface area (Å²) in [6.45, 7) is 2.01. The van der Waals surface area contributed by atoms with Crippen molar-refractivity contribution in [3.8, 4) is 23.1 Å². The molecule has 0 spiro atoms. The molecule has 4 heterocycles. The summed E-state index contributed by atoms with van der Waals surface area (Å²) in [6.07, 6.45) is 4.87. The summed E-state index contributed by atoms with van der Waals surface area (Å²) < 4.78 is 26.6. The molecule has 0 fully saturated rings. The number of methoxy groups -OCH3 is 1. The number of aryl methyl sites for hydroxylation is 1. The fraction of sp³-hybridized carbons (Fsp3) is 0.133. The first-order valence-corrected chi connectivity index (χ1v) is 13.1. The molecule has 0 bridgehead atoms. The molecule has 0 saturated carbocycles. The third-order valence-electron chi connectivity index (χ3n) is 7.08. The lowest BCUT2D eigenvalue weighted by Gasteiger charge is -2.17. The van der Waals surface area contributed by atoms with Crippen molar-refractivity contribution in [1.82, 2.24) is 24.9 Å². The van der Waals surface area contributed by atoms with Crippen LogP contribution in [0.2, 0.25) is 0 Å². The smallest absolute Gasteiger partial charge is 0.349 e. The Morgan fingerprint density at radius 3 is 2.84 bits per heavy atom. The second-order valence-electron chi connectivity index (χ2n) is 9.96. The molecule has 6 rings (SSSR count). The standard InChI is InChI=1S/C30H27FN8O4/c1-14-25-24(28(38-30(37-25)42-3)36-12-16-11-35-27-18(16)5-4-8-34-27)29(41)43-26(14)19-10-17(40)9-15-6-7-20(31)23(22(15)19)21(32)13-39(2)33/h4-11,13,40H,12,32-33H2,1-3H3,(H,34,35)(H,36,37,38)/b21-13-. The number of aromatic hydroxyl groups is 1. The second-order valence-corrected chi connectivity index (χ2v) is 9.96. The summed E-state index contributed by atoms with van der Waals surface area (Å²) in [5.74, 6) is 5.26. The van der Waals surface area contributed by atoms with Gasteiger partial charge in [0, 0.05) is 59.6 Å². The van der Waals surface area contributed by atoms with Gasteiger partial charge >= 0.3 is 11.6 Å². The molecule has 0 amide bonds. The first kappa shape index (κ1) is 27.5. The van der Waals surface area contributed by atoms with E-state index in [9.17, 15) is 9.90 Å². The van der Waals surface area contributed by atoms with Crippen LogP contribution in [-0.4, -0.2) is 44.2 Å². The number of hydrogen-bond acceptors (Lipinski definition) is 11. The Morgan fingerprint density at radius 1 is 1.26 bits per heavy atom. The van der Waals surface area contributed by atoms with E-state index in [1.807, 2.05) is 18.3 Å². The molecule has 0 saturated heterocycles. The fourth-order valence-corrected chi connectivity index (χ4v) is 5.22. The molecule has 2 aromatic carbocycles. The predicted molar refractivity (Wildman–Crippen MR) is 161 cm³/mol. The number of nitrogens with two attached hydrogens (primary N) is 2. The van der Waals surface area contributed by atoms with Crippen molar-refractivity contribution in [3.05, 3.63) is 87.9 Å². The lowest BCUT2D eigenvalue weighted by atomic mass is 9.93. The zero-order chi connectivity index (χ0) is 30.4. The Labute approximate surface area is 243 Å². The molecule has 0 aliphatic carbocycles. The summed E-state index contributed by atoms with van der Waals surface area (Å²) in [6, 6.07) is 9.36. The van der Waals surface area contributed by atoms with E-state index in [2.05, 4.69) is 25.3 Å². The molecular weight excluding hydrogens is 555 g/mol. The van der Waals surface area contributed by atoms with Crippen LogP contribution in [0.15, 0.2) is 64.2 Å². The van der Waals surface area contributed by atoms with Crippen molar-refractivity contribution in [2.75, 3.05) is 19.5 Å². The number of hydrazine groups is 1. The highest BCUT2D eigenvalue weighted by Crippen LogP contribution is 2.40. The predicted octanol–water partition coefficient (Wildman–Crippen LogP) is 4.12. The van der Waals surface area contributed by atoms with Crippen molar-refractivity contribution >= 4 is 44.2 Å². The van der Waals surface area contributed by atoms with E-state index in [1.54, 1.807) is 20.2 Å². The van der Waals surface area contributed by atoms with Crippen molar-refractivity contribution in [2.24, 2.45) is 11.6 Å². The Kier molecular flexibility index (Phi) is 6.78. The summed E-state index contributed by atoms with van der Waals surface area (Å²) in [4.78, 5) is 29.9. The number of aromatic nitrogens is 4. The molecule has 13 heteroatoms. The van der Waals surface area contributed by atoms with Crippen molar-refractivity contribution in [2.45, 2.75) is 13.5 Å². The van der Waals surface area contributed by atoms with E-state index < -0.39 is 11.4 Å². The van der Waals surface area contributed by atoms with Gasteiger partial charge in [0.2, 0.25) is 0 Å². The number of benzene rings is 2. The van der Waals surface area contributed by atoms with E-state index in [4.69, 9.17) is 20.7 Å². The van der Waals surface area contributed by atoms with Crippen LogP contribution >= 0.6 is 0 Å². The van der Waals surface area contributed by atoms with Gasteiger partial charge in [-0.3, -0.25) is 0 Å². The van der Waals surface area contributed by atoms with Gasteiger partial charge < -0.3 is 35.3 Å². The van der Waals surface area contributed by atoms with Crippen molar-refractivity contribution in [1.29, 1.82) is 0 Å². The minimum absolute atomic E-state index is 0.0147. The first-order valence-electron chi connectivity index (χ1n) is 13.1. The molecule has 7 N–H and O–H groups in total. The second kappa shape index (κ2) is 10.6. The average molecular weight is 583 g/mol. The Hall–Kier alpha value is -5.69. The third kappa shape index (κ3) is 4.81. The number of hydrogen-bond donors (Lipinski definition) is 5. The molecule has 0 unspecified atom stereocenters. The number of H-pyrrole nitrogens is 1. The molecule has 0 aliphatic heterocycles. The quantitative estimate of drug-likeness (QED) is 0.135. The van der Waals surface area contributed by atoms with Crippen LogP contribution in [0.3, 0.4) is 0 Å². The molecule has 218 valence electrons. The monoisotopic (exact) mass is 582 g/mol. The molecule has 0 radical (unpaired) electrons. The first-order chi connectivity index (χ1) is 20.7. The maximum atomic E-state index is 15.3. The lowest BCUT2D eigenvalue weighted by molar-refractivity contribution is 0.382. The number of phenols is 1. The third-order valence-corrected chi connectivity index (χ3v) is 7.08. The molecule has 43 heavy (non-hydrogen) atoms. The summed E-state index contributed by atoms with van der Waals surface area (Å²) in [7, 11) is 2.96. The highest BCUT2D eigenvalue weighted by atomic mass is 19.1. The molecular formula is C30H27FN8O4. The number of pyridine rings is 1. The van der Waals surface area contributed by atoms with Crippen LogP contribution in [0.4, 0.5) is 10.2 Å². The summed E-state index contributed by atoms with van der Waals surface area (Å²) in [5.41, 5.74) is 8.12. The molecule has 4 aromatic heterocycles. The minimum atomic E-state index is -0.749. The fourth-order valence-electron chi connectivity index (χ4n) is 5.22. The van der Waals surface area contributed by atoms with Crippen molar-refractivity contribution in [3.63, 3.8) is 0 Å². The number of nitrogens with zero attached hydrogens (tertiary/aromatic N) is 4. The molecule has 0 atom stereocenters. The zero-order valence-electron chi connectivity index (χ0n) is 23.4. The lowest BCUT2D eigenvalue weighted by Crippen LogP contribution is -2.20.